The number of hydrogen-bond acceptors (Lipinski definition) is 1. The molecule has 2 aromatic carbocycles. The molecule has 2 aromatic rings. The molecule has 0 saturated heterocycles. The van der Waals surface area contributed by atoms with Crippen LogP contribution in [0.1, 0.15) is 24.1 Å². The standard InChI is InChI=1S/C17H20N2O/c1-14(16-11-7-4-8-12-16)19(2)17(20)18-13-15-9-5-3-6-10-15/h3-12,14H,13H2,1-2H3,(H,18,20). The van der Waals surface area contributed by atoms with Crippen LogP contribution in [0.25, 0.3) is 0 Å². The summed E-state index contributed by atoms with van der Waals surface area (Å²) in [5.41, 5.74) is 2.23. The molecule has 1 unspecified atom stereocenters. The predicted octanol–water partition coefficient (Wildman–Crippen LogP) is 3.59. The third kappa shape index (κ3) is 3.60. The van der Waals surface area contributed by atoms with Crippen molar-refractivity contribution < 1.29 is 4.79 Å². The molecule has 3 nitrogen and oxygen atoms in total. The highest BCUT2D eigenvalue weighted by Gasteiger charge is 2.16. The van der Waals surface area contributed by atoms with Crippen LogP contribution in [0.15, 0.2) is 60.7 Å². The lowest BCUT2D eigenvalue weighted by Gasteiger charge is -2.25. The molecule has 1 atom stereocenters. The zero-order chi connectivity index (χ0) is 14.4. The van der Waals surface area contributed by atoms with E-state index >= 15 is 0 Å². The fraction of sp³-hybridized carbons (Fsp3) is 0.235. The smallest absolute Gasteiger partial charge is 0.317 e. The molecule has 0 radical (unpaired) electrons. The number of benzene rings is 2. The molecule has 0 aliphatic carbocycles. The zero-order valence-corrected chi connectivity index (χ0v) is 11.9. The second-order valence-electron chi connectivity index (χ2n) is 4.84. The van der Waals surface area contributed by atoms with E-state index in [1.807, 2.05) is 74.6 Å². The fourth-order valence-corrected chi connectivity index (χ4v) is 2.03. The molecule has 104 valence electrons. The molecule has 1 N–H and O–H groups in total. The van der Waals surface area contributed by atoms with Gasteiger partial charge in [-0.15, -0.1) is 0 Å². The highest BCUT2D eigenvalue weighted by molar-refractivity contribution is 5.74. The van der Waals surface area contributed by atoms with Gasteiger partial charge < -0.3 is 10.2 Å². The van der Waals surface area contributed by atoms with E-state index < -0.39 is 0 Å². The van der Waals surface area contributed by atoms with Gasteiger partial charge in [0.25, 0.3) is 0 Å². The number of urea groups is 1. The van der Waals surface area contributed by atoms with Crippen LogP contribution in [-0.2, 0) is 6.54 Å². The summed E-state index contributed by atoms with van der Waals surface area (Å²) in [6.07, 6.45) is 0. The van der Waals surface area contributed by atoms with Crippen molar-refractivity contribution in [2.75, 3.05) is 7.05 Å². The van der Waals surface area contributed by atoms with Gasteiger partial charge in [-0.25, -0.2) is 4.79 Å². The van der Waals surface area contributed by atoms with Gasteiger partial charge in [0.05, 0.1) is 6.04 Å². The number of carbonyl (C=O) groups is 1. The Hall–Kier alpha value is -2.29. The highest BCUT2D eigenvalue weighted by Crippen LogP contribution is 2.17. The van der Waals surface area contributed by atoms with E-state index in [4.69, 9.17) is 0 Å². The zero-order valence-electron chi connectivity index (χ0n) is 11.9. The van der Waals surface area contributed by atoms with Crippen molar-refractivity contribution in [3.05, 3.63) is 71.8 Å². The van der Waals surface area contributed by atoms with Crippen LogP contribution in [0.5, 0.6) is 0 Å². The van der Waals surface area contributed by atoms with Crippen LogP contribution in [0, 0.1) is 0 Å². The Morgan fingerprint density at radius 1 is 1.05 bits per heavy atom. The average molecular weight is 268 g/mol. The molecule has 0 aliphatic rings. The maximum atomic E-state index is 12.1. The van der Waals surface area contributed by atoms with Crippen LogP contribution in [0.4, 0.5) is 4.79 Å². The third-order valence-corrected chi connectivity index (χ3v) is 3.47. The Morgan fingerprint density at radius 3 is 2.20 bits per heavy atom. The summed E-state index contributed by atoms with van der Waals surface area (Å²) in [4.78, 5) is 13.9. The highest BCUT2D eigenvalue weighted by atomic mass is 16.2. The Labute approximate surface area is 120 Å². The first kappa shape index (κ1) is 14.1. The summed E-state index contributed by atoms with van der Waals surface area (Å²) in [5, 5.41) is 2.94. The van der Waals surface area contributed by atoms with Gasteiger partial charge in [-0.3, -0.25) is 0 Å². The van der Waals surface area contributed by atoms with Gasteiger partial charge >= 0.3 is 6.03 Å². The summed E-state index contributed by atoms with van der Waals surface area (Å²) in [7, 11) is 1.82. The van der Waals surface area contributed by atoms with Crippen LogP contribution in [0.3, 0.4) is 0 Å². The minimum absolute atomic E-state index is 0.0481. The van der Waals surface area contributed by atoms with Gasteiger partial charge in [0.2, 0.25) is 0 Å². The quantitative estimate of drug-likeness (QED) is 0.903. The topological polar surface area (TPSA) is 32.3 Å². The minimum atomic E-state index is -0.0646. The van der Waals surface area contributed by atoms with Crippen molar-refractivity contribution in [2.24, 2.45) is 0 Å². The maximum Gasteiger partial charge on any atom is 0.317 e. The molecular formula is C17H20N2O. The number of nitrogens with one attached hydrogen (secondary N) is 1. The van der Waals surface area contributed by atoms with Crippen molar-refractivity contribution >= 4 is 6.03 Å². The normalized spacial score (nSPS) is 11.7. The Morgan fingerprint density at radius 2 is 1.60 bits per heavy atom. The Balaban J connectivity index is 1.92. The summed E-state index contributed by atoms with van der Waals surface area (Å²) < 4.78 is 0. The van der Waals surface area contributed by atoms with Crippen LogP contribution < -0.4 is 5.32 Å². The van der Waals surface area contributed by atoms with Gasteiger partial charge in [0, 0.05) is 13.6 Å². The van der Waals surface area contributed by atoms with E-state index in [0.29, 0.717) is 6.54 Å². The molecular weight excluding hydrogens is 248 g/mol. The number of carbonyl (C=O) groups excluding carboxylic acids is 1. The summed E-state index contributed by atoms with van der Waals surface area (Å²) in [5.74, 6) is 0. The van der Waals surface area contributed by atoms with Crippen LogP contribution in [0.2, 0.25) is 0 Å². The van der Waals surface area contributed by atoms with E-state index in [1.54, 1.807) is 4.90 Å². The van der Waals surface area contributed by atoms with Gasteiger partial charge in [0.15, 0.2) is 0 Å². The molecule has 2 rings (SSSR count). The Kier molecular flexibility index (Phi) is 4.77. The minimum Gasteiger partial charge on any atom is -0.334 e. The van der Waals surface area contributed by atoms with Gasteiger partial charge in [-0.2, -0.15) is 0 Å². The lowest BCUT2D eigenvalue weighted by molar-refractivity contribution is 0.194. The second kappa shape index (κ2) is 6.75. The van der Waals surface area contributed by atoms with E-state index in [1.165, 1.54) is 0 Å². The van der Waals surface area contributed by atoms with Crippen molar-refractivity contribution in [3.8, 4) is 0 Å². The maximum absolute atomic E-state index is 12.1. The van der Waals surface area contributed by atoms with Crippen molar-refractivity contribution in [2.45, 2.75) is 19.5 Å². The lowest BCUT2D eigenvalue weighted by atomic mass is 10.1. The molecule has 20 heavy (non-hydrogen) atoms. The van der Waals surface area contributed by atoms with Crippen LogP contribution >= 0.6 is 0 Å². The molecule has 0 heterocycles. The number of hydrogen-bond donors (Lipinski definition) is 1. The van der Waals surface area contributed by atoms with Crippen molar-refractivity contribution in [3.63, 3.8) is 0 Å². The molecule has 0 aromatic heterocycles. The fourth-order valence-electron chi connectivity index (χ4n) is 2.03. The number of rotatable bonds is 4. The van der Waals surface area contributed by atoms with Crippen molar-refractivity contribution in [1.29, 1.82) is 0 Å². The third-order valence-electron chi connectivity index (χ3n) is 3.47. The van der Waals surface area contributed by atoms with E-state index in [-0.39, 0.29) is 12.1 Å². The van der Waals surface area contributed by atoms with Crippen LogP contribution in [-0.4, -0.2) is 18.0 Å². The van der Waals surface area contributed by atoms with Crippen molar-refractivity contribution in [1.82, 2.24) is 10.2 Å². The molecule has 3 heteroatoms. The monoisotopic (exact) mass is 268 g/mol. The predicted molar refractivity (Wildman–Crippen MR) is 81.3 cm³/mol. The van der Waals surface area contributed by atoms with E-state index in [9.17, 15) is 4.79 Å². The number of nitrogens with zero attached hydrogens (tertiary/aromatic N) is 1. The van der Waals surface area contributed by atoms with Gasteiger partial charge in [-0.1, -0.05) is 60.7 Å². The molecule has 0 saturated carbocycles. The number of amides is 2. The molecule has 2 amide bonds. The van der Waals surface area contributed by atoms with E-state index in [2.05, 4.69) is 5.32 Å². The molecule has 0 bridgehead atoms. The first-order valence-electron chi connectivity index (χ1n) is 6.78. The SMILES string of the molecule is CC(c1ccccc1)N(C)C(=O)NCc1ccccc1. The second-order valence-corrected chi connectivity index (χ2v) is 4.84. The molecule has 0 spiro atoms. The van der Waals surface area contributed by atoms with Gasteiger partial charge in [-0.05, 0) is 18.1 Å². The average Bonchev–Trinajstić information content (AvgIpc) is 2.53. The summed E-state index contributed by atoms with van der Waals surface area (Å²) >= 11 is 0. The first-order chi connectivity index (χ1) is 9.68. The molecule has 0 aliphatic heterocycles. The summed E-state index contributed by atoms with van der Waals surface area (Å²) in [6, 6.07) is 19.9. The molecule has 0 fully saturated rings. The first-order valence-corrected chi connectivity index (χ1v) is 6.78. The Bertz CT molecular complexity index is 539. The lowest BCUT2D eigenvalue weighted by Crippen LogP contribution is -2.38. The summed E-state index contributed by atoms with van der Waals surface area (Å²) in [6.45, 7) is 2.57. The van der Waals surface area contributed by atoms with Gasteiger partial charge in [0.1, 0.15) is 0 Å². The largest absolute Gasteiger partial charge is 0.334 e. The van der Waals surface area contributed by atoms with E-state index in [0.717, 1.165) is 11.1 Å².